The van der Waals surface area contributed by atoms with Crippen molar-refractivity contribution in [3.05, 3.63) is 36.0 Å². The second-order valence-electron chi connectivity index (χ2n) is 3.65. The molecule has 3 heteroatoms. The first-order valence-electron chi connectivity index (χ1n) is 4.99. The van der Waals surface area contributed by atoms with E-state index in [9.17, 15) is 4.79 Å². The predicted molar refractivity (Wildman–Crippen MR) is 63.6 cm³/mol. The second kappa shape index (κ2) is 4.11. The van der Waals surface area contributed by atoms with Crippen molar-refractivity contribution in [2.24, 2.45) is 12.8 Å². The van der Waals surface area contributed by atoms with Crippen LogP contribution in [0.15, 0.2) is 30.5 Å². The molecular formula is C13H12N2O. The van der Waals surface area contributed by atoms with Gasteiger partial charge in [-0.3, -0.25) is 4.79 Å². The van der Waals surface area contributed by atoms with E-state index >= 15 is 0 Å². The van der Waals surface area contributed by atoms with Crippen molar-refractivity contribution in [2.45, 2.75) is 6.42 Å². The quantitative estimate of drug-likeness (QED) is 0.714. The molecule has 0 unspecified atom stereocenters. The number of aromatic nitrogens is 1. The number of nitrogens with two attached hydrogens (primary N) is 1. The van der Waals surface area contributed by atoms with Gasteiger partial charge in [-0.05, 0) is 24.3 Å². The number of primary amides is 1. The molecule has 0 fully saturated rings. The van der Waals surface area contributed by atoms with Crippen LogP contribution in [0.1, 0.15) is 12.0 Å². The van der Waals surface area contributed by atoms with Crippen molar-refractivity contribution in [1.29, 1.82) is 0 Å². The fourth-order valence-corrected chi connectivity index (χ4v) is 1.59. The van der Waals surface area contributed by atoms with Crippen LogP contribution in [-0.2, 0) is 11.8 Å². The lowest BCUT2D eigenvalue weighted by atomic mass is 10.1. The summed E-state index contributed by atoms with van der Waals surface area (Å²) in [5.74, 6) is 5.26. The van der Waals surface area contributed by atoms with Crippen LogP contribution < -0.4 is 5.73 Å². The molecule has 1 aromatic heterocycles. The Kier molecular flexibility index (Phi) is 2.65. The first-order chi connectivity index (χ1) is 7.66. The van der Waals surface area contributed by atoms with Crippen LogP contribution in [0, 0.1) is 11.8 Å². The smallest absolute Gasteiger partial charge is 0.229 e. The van der Waals surface area contributed by atoms with Crippen LogP contribution in [0.5, 0.6) is 0 Å². The summed E-state index contributed by atoms with van der Waals surface area (Å²) in [7, 11) is 2.00. The molecule has 0 aliphatic rings. The van der Waals surface area contributed by atoms with Crippen molar-refractivity contribution >= 4 is 16.8 Å². The molecule has 0 saturated heterocycles. The maximum absolute atomic E-state index is 10.5. The summed E-state index contributed by atoms with van der Waals surface area (Å²) >= 11 is 0. The molecule has 2 aromatic rings. The predicted octanol–water partition coefficient (Wildman–Crippen LogP) is 1.41. The zero-order chi connectivity index (χ0) is 11.5. The summed E-state index contributed by atoms with van der Waals surface area (Å²) in [6.45, 7) is 0. The number of carbonyl (C=O) groups excluding carboxylic acids is 1. The Morgan fingerprint density at radius 1 is 1.44 bits per heavy atom. The molecule has 3 nitrogen and oxygen atoms in total. The Hall–Kier alpha value is -2.21. The van der Waals surface area contributed by atoms with Gasteiger partial charge in [0.05, 0.1) is 6.42 Å². The fourth-order valence-electron chi connectivity index (χ4n) is 1.59. The van der Waals surface area contributed by atoms with Gasteiger partial charge < -0.3 is 10.3 Å². The molecule has 0 saturated carbocycles. The zero-order valence-electron chi connectivity index (χ0n) is 9.03. The standard InChI is InChI=1S/C13H12N2O/c1-15-8-7-11-9-10(5-6-12(11)15)3-2-4-13(14)16/h5-9H,4H2,1H3,(H2,14,16). The van der Waals surface area contributed by atoms with Crippen molar-refractivity contribution in [1.82, 2.24) is 4.57 Å². The molecule has 0 radical (unpaired) electrons. The van der Waals surface area contributed by atoms with Gasteiger partial charge in [-0.2, -0.15) is 0 Å². The number of benzene rings is 1. The average Bonchev–Trinajstić information content (AvgIpc) is 2.60. The molecule has 2 rings (SSSR count). The van der Waals surface area contributed by atoms with Gasteiger partial charge in [0.1, 0.15) is 0 Å². The summed E-state index contributed by atoms with van der Waals surface area (Å²) in [6.07, 6.45) is 2.11. The maximum atomic E-state index is 10.5. The van der Waals surface area contributed by atoms with Crippen LogP contribution in [-0.4, -0.2) is 10.5 Å². The Morgan fingerprint density at radius 2 is 2.25 bits per heavy atom. The van der Waals surface area contributed by atoms with Gasteiger partial charge in [0.2, 0.25) is 5.91 Å². The van der Waals surface area contributed by atoms with Gasteiger partial charge >= 0.3 is 0 Å². The number of aryl methyl sites for hydroxylation is 1. The minimum absolute atomic E-state index is 0.104. The van der Waals surface area contributed by atoms with Crippen molar-refractivity contribution in [3.8, 4) is 11.8 Å². The van der Waals surface area contributed by atoms with Crippen molar-refractivity contribution < 1.29 is 4.79 Å². The number of rotatable bonds is 1. The van der Waals surface area contributed by atoms with Gasteiger partial charge in [0, 0.05) is 29.7 Å². The van der Waals surface area contributed by atoms with Crippen molar-refractivity contribution in [2.75, 3.05) is 0 Å². The highest BCUT2D eigenvalue weighted by Gasteiger charge is 1.97. The highest BCUT2D eigenvalue weighted by Crippen LogP contribution is 2.15. The molecule has 1 heterocycles. The number of hydrogen-bond donors (Lipinski definition) is 1. The molecule has 0 aliphatic carbocycles. The Labute approximate surface area is 93.9 Å². The summed E-state index contributed by atoms with van der Waals surface area (Å²) in [5, 5.41) is 1.15. The van der Waals surface area contributed by atoms with E-state index in [0.29, 0.717) is 0 Å². The highest BCUT2D eigenvalue weighted by atomic mass is 16.1. The molecule has 16 heavy (non-hydrogen) atoms. The van der Waals surface area contributed by atoms with E-state index in [0.717, 1.165) is 10.9 Å². The minimum atomic E-state index is -0.395. The molecule has 0 atom stereocenters. The number of carbonyl (C=O) groups is 1. The normalized spacial score (nSPS) is 9.81. The summed E-state index contributed by atoms with van der Waals surface area (Å²) < 4.78 is 2.05. The molecule has 80 valence electrons. The van der Waals surface area contributed by atoms with Gasteiger partial charge in [-0.15, -0.1) is 0 Å². The Bertz CT molecular complexity index is 599. The van der Waals surface area contributed by atoms with Crippen molar-refractivity contribution in [3.63, 3.8) is 0 Å². The number of nitrogens with zero attached hydrogens (tertiary/aromatic N) is 1. The number of amides is 1. The van der Waals surface area contributed by atoms with Crippen LogP contribution in [0.4, 0.5) is 0 Å². The fraction of sp³-hybridized carbons (Fsp3) is 0.154. The van der Waals surface area contributed by atoms with E-state index in [-0.39, 0.29) is 6.42 Å². The van der Waals surface area contributed by atoms with Gasteiger partial charge in [0.25, 0.3) is 0 Å². The van der Waals surface area contributed by atoms with E-state index in [2.05, 4.69) is 16.4 Å². The van der Waals surface area contributed by atoms with Gasteiger partial charge in [0.15, 0.2) is 0 Å². The lowest BCUT2D eigenvalue weighted by Crippen LogP contribution is -2.08. The van der Waals surface area contributed by atoms with Crippen LogP contribution >= 0.6 is 0 Å². The lowest BCUT2D eigenvalue weighted by molar-refractivity contribution is -0.117. The third-order valence-corrected chi connectivity index (χ3v) is 2.38. The monoisotopic (exact) mass is 212 g/mol. The highest BCUT2D eigenvalue weighted by molar-refractivity contribution is 5.82. The lowest BCUT2D eigenvalue weighted by Gasteiger charge is -1.96. The molecule has 1 amide bonds. The first-order valence-corrected chi connectivity index (χ1v) is 4.99. The zero-order valence-corrected chi connectivity index (χ0v) is 9.03. The molecular weight excluding hydrogens is 200 g/mol. The van der Waals surface area contributed by atoms with E-state index in [1.807, 2.05) is 37.5 Å². The largest absolute Gasteiger partial charge is 0.369 e. The van der Waals surface area contributed by atoms with E-state index < -0.39 is 5.91 Å². The van der Waals surface area contributed by atoms with Crippen LogP contribution in [0.2, 0.25) is 0 Å². The van der Waals surface area contributed by atoms with E-state index in [1.54, 1.807) is 0 Å². The molecule has 1 aromatic carbocycles. The average molecular weight is 212 g/mol. The van der Waals surface area contributed by atoms with Crippen LogP contribution in [0.25, 0.3) is 10.9 Å². The van der Waals surface area contributed by atoms with E-state index in [4.69, 9.17) is 5.73 Å². The second-order valence-corrected chi connectivity index (χ2v) is 3.65. The third-order valence-electron chi connectivity index (χ3n) is 2.38. The molecule has 0 bridgehead atoms. The van der Waals surface area contributed by atoms with Gasteiger partial charge in [-0.1, -0.05) is 11.8 Å². The third kappa shape index (κ3) is 2.06. The summed E-state index contributed by atoms with van der Waals surface area (Å²) in [6, 6.07) is 8.00. The summed E-state index contributed by atoms with van der Waals surface area (Å²) in [4.78, 5) is 10.5. The topological polar surface area (TPSA) is 48.0 Å². The Morgan fingerprint density at radius 3 is 3.00 bits per heavy atom. The number of hydrogen-bond acceptors (Lipinski definition) is 1. The molecule has 0 spiro atoms. The Balaban J connectivity index is 2.31. The van der Waals surface area contributed by atoms with E-state index in [1.165, 1.54) is 5.52 Å². The first kappa shape index (κ1) is 10.3. The van der Waals surface area contributed by atoms with Gasteiger partial charge in [-0.25, -0.2) is 0 Å². The molecule has 0 aliphatic heterocycles. The minimum Gasteiger partial charge on any atom is -0.369 e. The van der Waals surface area contributed by atoms with Crippen LogP contribution in [0.3, 0.4) is 0 Å². The SMILES string of the molecule is Cn1ccc2cc(C#CCC(N)=O)ccc21. The number of fused-ring (bicyclic) bond motifs is 1. The maximum Gasteiger partial charge on any atom is 0.229 e. The summed E-state index contributed by atoms with van der Waals surface area (Å²) in [5.41, 5.74) is 7.08. The molecule has 2 N–H and O–H groups in total.